The molecule has 0 radical (unpaired) electrons. The number of rotatable bonds is 4. The van der Waals surface area contributed by atoms with Crippen LogP contribution in [0.2, 0.25) is 18.1 Å². The Balaban J connectivity index is 3.33. The van der Waals surface area contributed by atoms with Gasteiger partial charge in [0.15, 0.2) is 8.24 Å². The van der Waals surface area contributed by atoms with Gasteiger partial charge in [0.25, 0.3) is 0 Å². The summed E-state index contributed by atoms with van der Waals surface area (Å²) >= 11 is 0. The SMILES string of the molecule is CC(O)C1C(=O)N([Si](C)(C)C(C)(C)C)C1C(C)(C)C(=O)O. The summed E-state index contributed by atoms with van der Waals surface area (Å²) in [6.45, 7) is 15.3. The maximum atomic E-state index is 12.6. The lowest BCUT2D eigenvalue weighted by molar-refractivity contribution is -0.172. The van der Waals surface area contributed by atoms with Gasteiger partial charge >= 0.3 is 5.97 Å². The van der Waals surface area contributed by atoms with Crippen LogP contribution < -0.4 is 0 Å². The van der Waals surface area contributed by atoms with Crippen LogP contribution in [0.4, 0.5) is 0 Å². The number of nitrogens with zero attached hydrogens (tertiary/aromatic N) is 1. The Bertz CT molecular complexity index is 451. The Morgan fingerprint density at radius 1 is 1.24 bits per heavy atom. The van der Waals surface area contributed by atoms with E-state index in [-0.39, 0.29) is 10.9 Å². The second kappa shape index (κ2) is 5.09. The van der Waals surface area contributed by atoms with E-state index >= 15 is 0 Å². The van der Waals surface area contributed by atoms with Crippen molar-refractivity contribution in [2.24, 2.45) is 11.3 Å². The minimum Gasteiger partial charge on any atom is -0.481 e. The van der Waals surface area contributed by atoms with E-state index in [4.69, 9.17) is 0 Å². The molecule has 1 heterocycles. The van der Waals surface area contributed by atoms with Gasteiger partial charge in [-0.1, -0.05) is 33.9 Å². The Morgan fingerprint density at radius 2 is 1.67 bits per heavy atom. The molecule has 3 unspecified atom stereocenters. The number of carboxylic acid groups (broad SMARTS) is 1. The van der Waals surface area contributed by atoms with Crippen molar-refractivity contribution in [1.82, 2.24) is 4.57 Å². The van der Waals surface area contributed by atoms with Crippen LogP contribution in [0.1, 0.15) is 41.5 Å². The van der Waals surface area contributed by atoms with Gasteiger partial charge < -0.3 is 14.8 Å². The summed E-state index contributed by atoms with van der Waals surface area (Å²) in [7, 11) is -2.18. The highest BCUT2D eigenvalue weighted by atomic mass is 28.3. The number of aliphatic hydroxyl groups is 1. The molecule has 122 valence electrons. The average Bonchev–Trinajstić information content (AvgIpc) is 2.22. The molecule has 1 saturated heterocycles. The average molecular weight is 315 g/mol. The minimum atomic E-state index is -2.18. The van der Waals surface area contributed by atoms with Gasteiger partial charge in [0.2, 0.25) is 5.91 Å². The van der Waals surface area contributed by atoms with E-state index < -0.39 is 37.7 Å². The van der Waals surface area contributed by atoms with Gasteiger partial charge in [-0.3, -0.25) is 9.59 Å². The molecule has 3 atom stereocenters. The van der Waals surface area contributed by atoms with Gasteiger partial charge in [-0.05, 0) is 25.8 Å². The smallest absolute Gasteiger partial charge is 0.311 e. The molecule has 1 aliphatic heterocycles. The largest absolute Gasteiger partial charge is 0.481 e. The summed E-state index contributed by atoms with van der Waals surface area (Å²) in [5.74, 6) is -1.66. The maximum absolute atomic E-state index is 12.6. The number of amides is 1. The highest BCUT2D eigenvalue weighted by molar-refractivity contribution is 6.80. The van der Waals surface area contributed by atoms with Gasteiger partial charge in [-0.2, -0.15) is 0 Å². The van der Waals surface area contributed by atoms with Crippen LogP contribution in [0.5, 0.6) is 0 Å². The molecule has 0 aromatic heterocycles. The highest BCUT2D eigenvalue weighted by Crippen LogP contribution is 2.50. The molecule has 5 nitrogen and oxygen atoms in total. The zero-order valence-electron chi connectivity index (χ0n) is 14.4. The van der Waals surface area contributed by atoms with E-state index in [0.29, 0.717) is 0 Å². The fourth-order valence-corrected chi connectivity index (χ4v) is 5.47. The minimum absolute atomic E-state index is 0.0703. The Morgan fingerprint density at radius 3 is 1.95 bits per heavy atom. The standard InChI is InChI=1S/C15H29NO4Si/c1-9(17)10-11(15(5,6)13(19)20)16(12(10)18)21(7,8)14(2,3)4/h9-11,17H,1-8H3,(H,19,20). The third kappa shape index (κ3) is 2.63. The number of carboxylic acids is 1. The number of aliphatic hydroxyl groups excluding tert-OH is 1. The lowest BCUT2D eigenvalue weighted by Crippen LogP contribution is -2.78. The Labute approximate surface area is 128 Å². The van der Waals surface area contributed by atoms with Crippen molar-refractivity contribution in [2.75, 3.05) is 0 Å². The fourth-order valence-electron chi connectivity index (χ4n) is 2.86. The van der Waals surface area contributed by atoms with Crippen molar-refractivity contribution in [3.63, 3.8) is 0 Å². The predicted octanol–water partition coefficient (Wildman–Crippen LogP) is 2.31. The zero-order chi connectivity index (χ0) is 17.0. The molecule has 1 fully saturated rings. The number of hydrogen-bond donors (Lipinski definition) is 2. The van der Waals surface area contributed by atoms with Gasteiger partial charge in [0.1, 0.15) is 0 Å². The van der Waals surface area contributed by atoms with E-state index in [1.807, 2.05) is 0 Å². The molecule has 2 N–H and O–H groups in total. The van der Waals surface area contributed by atoms with E-state index in [1.165, 1.54) is 0 Å². The highest BCUT2D eigenvalue weighted by Gasteiger charge is 2.64. The fraction of sp³-hybridized carbons (Fsp3) is 0.867. The van der Waals surface area contributed by atoms with Crippen LogP contribution in [0, 0.1) is 11.3 Å². The van der Waals surface area contributed by atoms with Crippen LogP contribution in [-0.4, -0.2) is 47.0 Å². The first-order valence-electron chi connectivity index (χ1n) is 7.42. The molecule has 1 rings (SSSR count). The first kappa shape index (κ1) is 18.2. The van der Waals surface area contributed by atoms with E-state index in [0.717, 1.165) is 0 Å². The van der Waals surface area contributed by atoms with Crippen LogP contribution in [0.15, 0.2) is 0 Å². The van der Waals surface area contributed by atoms with Crippen molar-refractivity contribution < 1.29 is 19.8 Å². The number of β-lactam (4-membered cyclic amide) rings is 1. The van der Waals surface area contributed by atoms with Crippen molar-refractivity contribution in [3.05, 3.63) is 0 Å². The number of aliphatic carboxylic acids is 1. The zero-order valence-corrected chi connectivity index (χ0v) is 15.4. The molecular formula is C15H29NO4Si. The molecule has 0 spiro atoms. The quantitative estimate of drug-likeness (QED) is 0.616. The number of carbonyl (C=O) groups excluding carboxylic acids is 1. The second-order valence-electron chi connectivity index (χ2n) is 8.26. The number of carbonyl (C=O) groups is 2. The monoisotopic (exact) mass is 315 g/mol. The van der Waals surface area contributed by atoms with E-state index in [9.17, 15) is 19.8 Å². The first-order valence-corrected chi connectivity index (χ1v) is 10.4. The van der Waals surface area contributed by atoms with Gasteiger partial charge in [0, 0.05) is 0 Å². The maximum Gasteiger partial charge on any atom is 0.311 e. The summed E-state index contributed by atoms with van der Waals surface area (Å²) < 4.78 is 1.80. The molecule has 0 bridgehead atoms. The summed E-state index contributed by atoms with van der Waals surface area (Å²) in [5, 5.41) is 19.4. The van der Waals surface area contributed by atoms with Gasteiger partial charge in [-0.15, -0.1) is 0 Å². The van der Waals surface area contributed by atoms with Crippen LogP contribution >= 0.6 is 0 Å². The van der Waals surface area contributed by atoms with E-state index in [1.54, 1.807) is 25.3 Å². The predicted molar refractivity (Wildman–Crippen MR) is 84.4 cm³/mol. The van der Waals surface area contributed by atoms with Crippen LogP contribution in [-0.2, 0) is 9.59 Å². The summed E-state index contributed by atoms with van der Waals surface area (Å²) in [6, 6.07) is -0.455. The summed E-state index contributed by atoms with van der Waals surface area (Å²) in [5.41, 5.74) is -1.08. The third-order valence-electron chi connectivity index (χ3n) is 5.39. The molecule has 1 aliphatic rings. The van der Waals surface area contributed by atoms with Crippen LogP contribution in [0.25, 0.3) is 0 Å². The second-order valence-corrected chi connectivity index (χ2v) is 13.4. The lowest BCUT2D eigenvalue weighted by Gasteiger charge is -2.62. The molecule has 0 aromatic carbocycles. The Hall–Kier alpha value is -0.883. The third-order valence-corrected chi connectivity index (χ3v) is 10.8. The first-order chi connectivity index (χ1) is 9.17. The molecule has 0 aromatic rings. The van der Waals surface area contributed by atoms with Gasteiger partial charge in [-0.25, -0.2) is 0 Å². The topological polar surface area (TPSA) is 77.8 Å². The summed E-state index contributed by atoms with van der Waals surface area (Å²) in [4.78, 5) is 24.2. The molecule has 0 saturated carbocycles. The van der Waals surface area contributed by atoms with Crippen molar-refractivity contribution in [2.45, 2.75) is 71.8 Å². The molecule has 21 heavy (non-hydrogen) atoms. The van der Waals surface area contributed by atoms with E-state index in [2.05, 4.69) is 33.9 Å². The molecular weight excluding hydrogens is 286 g/mol. The molecule has 0 aliphatic carbocycles. The summed E-state index contributed by atoms with van der Waals surface area (Å²) in [6.07, 6.45) is -0.831. The van der Waals surface area contributed by atoms with Crippen molar-refractivity contribution >= 4 is 20.1 Å². The number of hydrogen-bond acceptors (Lipinski definition) is 3. The lowest BCUT2D eigenvalue weighted by atomic mass is 9.70. The molecule has 6 heteroatoms. The van der Waals surface area contributed by atoms with Crippen molar-refractivity contribution in [3.8, 4) is 0 Å². The van der Waals surface area contributed by atoms with Gasteiger partial charge in [0.05, 0.1) is 23.5 Å². The van der Waals surface area contributed by atoms with Crippen LogP contribution in [0.3, 0.4) is 0 Å². The normalized spacial score (nSPS) is 25.6. The van der Waals surface area contributed by atoms with Crippen molar-refractivity contribution in [1.29, 1.82) is 0 Å². The molecule has 1 amide bonds. The Kier molecular flexibility index (Phi) is 4.40.